The summed E-state index contributed by atoms with van der Waals surface area (Å²) in [7, 11) is 0. The highest BCUT2D eigenvalue weighted by molar-refractivity contribution is 7.15. The Morgan fingerprint density at radius 1 is 1.35 bits per heavy atom. The molecule has 0 spiro atoms. The molecule has 9 heteroatoms. The van der Waals surface area contributed by atoms with Gasteiger partial charge in [-0.2, -0.15) is 14.6 Å². The molecule has 0 saturated carbocycles. The van der Waals surface area contributed by atoms with E-state index in [4.69, 9.17) is 5.73 Å². The van der Waals surface area contributed by atoms with Gasteiger partial charge in [0.2, 0.25) is 10.9 Å². The lowest BCUT2D eigenvalue weighted by molar-refractivity contribution is -0.117. The summed E-state index contributed by atoms with van der Waals surface area (Å²) in [5, 5.41) is 8.50. The van der Waals surface area contributed by atoms with Crippen LogP contribution < -0.4 is 16.6 Å². The van der Waals surface area contributed by atoms with Crippen molar-refractivity contribution in [1.82, 2.24) is 14.6 Å². The number of hydrogen-bond donors (Lipinski definition) is 2. The van der Waals surface area contributed by atoms with Crippen LogP contribution in [0.2, 0.25) is 0 Å². The Balaban J connectivity index is 0.00000192. The number of carbonyl (C=O) groups is 1. The van der Waals surface area contributed by atoms with Crippen LogP contribution in [0.4, 0.5) is 5.82 Å². The first-order valence-corrected chi connectivity index (χ1v) is 7.41. The molecule has 23 heavy (non-hydrogen) atoms. The highest BCUT2D eigenvalue weighted by Gasteiger charge is 2.18. The number of benzene rings is 1. The number of aromatic nitrogens is 3. The molecule has 3 aromatic rings. The minimum Gasteiger partial charge on any atom is -0.316 e. The standard InChI is InChI=1S/C14H13N5O2S.ClH/c1-8-12(20)17-14-19(18-8)10(7-22-14)16-13(21)11(15)9-5-3-2-4-6-9;/h2-7,11H,15H2,1H3,(H,16,21);1H/t11-;/m0./s1. The third-order valence-electron chi connectivity index (χ3n) is 3.13. The van der Waals surface area contributed by atoms with Crippen molar-refractivity contribution in [1.29, 1.82) is 0 Å². The number of amides is 1. The molecule has 1 aromatic carbocycles. The number of carbonyl (C=O) groups excluding carboxylic acids is 1. The molecule has 2 aromatic heterocycles. The van der Waals surface area contributed by atoms with Gasteiger partial charge in [-0.05, 0) is 12.5 Å². The predicted octanol–water partition coefficient (Wildman–Crippen LogP) is 1.52. The van der Waals surface area contributed by atoms with Crippen LogP contribution in [0.15, 0.2) is 40.5 Å². The summed E-state index contributed by atoms with van der Waals surface area (Å²) >= 11 is 1.22. The topological polar surface area (TPSA) is 102 Å². The summed E-state index contributed by atoms with van der Waals surface area (Å²) in [4.78, 5) is 28.0. The van der Waals surface area contributed by atoms with Gasteiger partial charge >= 0.3 is 0 Å². The zero-order chi connectivity index (χ0) is 15.7. The molecule has 2 heterocycles. The third-order valence-corrected chi connectivity index (χ3v) is 3.95. The fraction of sp³-hybridized carbons (Fsp3) is 0.143. The second kappa shape index (κ2) is 6.86. The maximum atomic E-state index is 12.3. The molecule has 1 amide bonds. The van der Waals surface area contributed by atoms with E-state index in [0.29, 0.717) is 16.3 Å². The number of thiazole rings is 1. The summed E-state index contributed by atoms with van der Waals surface area (Å²) < 4.78 is 1.43. The van der Waals surface area contributed by atoms with E-state index in [0.717, 1.165) is 0 Å². The number of rotatable bonds is 3. The first-order chi connectivity index (χ1) is 10.6. The molecule has 0 aliphatic heterocycles. The molecule has 3 rings (SSSR count). The molecule has 0 bridgehead atoms. The van der Waals surface area contributed by atoms with E-state index in [9.17, 15) is 9.59 Å². The van der Waals surface area contributed by atoms with Crippen molar-refractivity contribution in [2.75, 3.05) is 5.32 Å². The van der Waals surface area contributed by atoms with Crippen molar-refractivity contribution in [2.24, 2.45) is 5.73 Å². The Labute approximate surface area is 141 Å². The highest BCUT2D eigenvalue weighted by Crippen LogP contribution is 2.18. The van der Waals surface area contributed by atoms with Crippen LogP contribution in [0, 0.1) is 6.92 Å². The normalized spacial score (nSPS) is 11.7. The number of hydrogen-bond acceptors (Lipinski definition) is 6. The summed E-state index contributed by atoms with van der Waals surface area (Å²) in [6.07, 6.45) is 0. The first-order valence-electron chi connectivity index (χ1n) is 6.53. The lowest BCUT2D eigenvalue weighted by Crippen LogP contribution is -2.28. The molecule has 0 aliphatic rings. The van der Waals surface area contributed by atoms with Gasteiger partial charge in [-0.3, -0.25) is 9.59 Å². The zero-order valence-corrected chi connectivity index (χ0v) is 13.7. The SMILES string of the molecule is Cc1nn2c(NC(=O)[C@@H](N)c3ccccc3)csc2nc1=O.Cl. The van der Waals surface area contributed by atoms with Crippen LogP contribution in [-0.2, 0) is 4.79 Å². The first kappa shape index (κ1) is 17.1. The summed E-state index contributed by atoms with van der Waals surface area (Å²) in [6.45, 7) is 1.57. The molecule has 0 fully saturated rings. The third kappa shape index (κ3) is 3.39. The molecule has 1 atom stereocenters. The summed E-state index contributed by atoms with van der Waals surface area (Å²) in [6, 6.07) is 8.29. The average molecular weight is 352 g/mol. The average Bonchev–Trinajstić information content (AvgIpc) is 2.90. The second-order valence-corrected chi connectivity index (χ2v) is 5.53. The second-order valence-electron chi connectivity index (χ2n) is 4.70. The molecule has 120 valence electrons. The smallest absolute Gasteiger partial charge is 0.295 e. The minimum atomic E-state index is -0.787. The van der Waals surface area contributed by atoms with Gasteiger partial charge in [-0.1, -0.05) is 30.3 Å². The number of halogens is 1. The van der Waals surface area contributed by atoms with Crippen molar-refractivity contribution in [3.05, 3.63) is 57.3 Å². The van der Waals surface area contributed by atoms with E-state index in [1.807, 2.05) is 18.2 Å². The van der Waals surface area contributed by atoms with Crippen LogP contribution in [-0.4, -0.2) is 20.5 Å². The van der Waals surface area contributed by atoms with E-state index in [-0.39, 0.29) is 29.6 Å². The maximum Gasteiger partial charge on any atom is 0.295 e. The Morgan fingerprint density at radius 3 is 2.74 bits per heavy atom. The van der Waals surface area contributed by atoms with E-state index in [1.54, 1.807) is 24.4 Å². The monoisotopic (exact) mass is 351 g/mol. The molecular formula is C14H14ClN5O2S. The largest absolute Gasteiger partial charge is 0.316 e. The van der Waals surface area contributed by atoms with E-state index in [2.05, 4.69) is 15.4 Å². The van der Waals surface area contributed by atoms with Crippen molar-refractivity contribution in [2.45, 2.75) is 13.0 Å². The summed E-state index contributed by atoms with van der Waals surface area (Å²) in [5.41, 5.74) is 6.55. The number of nitrogens with one attached hydrogen (secondary N) is 1. The Hall–Kier alpha value is -2.29. The molecule has 0 saturated heterocycles. The number of nitrogens with two attached hydrogens (primary N) is 1. The molecule has 3 N–H and O–H groups in total. The number of aryl methyl sites for hydroxylation is 1. The number of anilines is 1. The minimum absolute atomic E-state index is 0. The fourth-order valence-corrected chi connectivity index (χ4v) is 2.69. The van der Waals surface area contributed by atoms with Gasteiger partial charge in [-0.15, -0.1) is 23.7 Å². The van der Waals surface area contributed by atoms with E-state index in [1.165, 1.54) is 15.9 Å². The number of fused-ring (bicyclic) bond motifs is 1. The molecule has 0 unspecified atom stereocenters. The van der Waals surface area contributed by atoms with E-state index >= 15 is 0 Å². The maximum absolute atomic E-state index is 12.3. The van der Waals surface area contributed by atoms with Crippen molar-refractivity contribution in [3.8, 4) is 0 Å². The van der Waals surface area contributed by atoms with Crippen molar-refractivity contribution in [3.63, 3.8) is 0 Å². The van der Waals surface area contributed by atoms with Crippen molar-refractivity contribution < 1.29 is 4.79 Å². The van der Waals surface area contributed by atoms with Crippen LogP contribution in [0.1, 0.15) is 17.3 Å². The quantitative estimate of drug-likeness (QED) is 0.744. The van der Waals surface area contributed by atoms with Gasteiger partial charge in [0.15, 0.2) is 0 Å². The van der Waals surface area contributed by atoms with Gasteiger partial charge < -0.3 is 11.1 Å². The Kier molecular flexibility index (Phi) is 5.09. The Bertz CT molecular complexity index is 893. The molecule has 0 radical (unpaired) electrons. The van der Waals surface area contributed by atoms with Crippen LogP contribution in [0.5, 0.6) is 0 Å². The van der Waals surface area contributed by atoms with Gasteiger partial charge in [0, 0.05) is 5.38 Å². The van der Waals surface area contributed by atoms with Crippen molar-refractivity contribution >= 4 is 40.4 Å². The van der Waals surface area contributed by atoms with Gasteiger partial charge in [0.1, 0.15) is 17.6 Å². The molecular weight excluding hydrogens is 338 g/mol. The summed E-state index contributed by atoms with van der Waals surface area (Å²) in [5.74, 6) is 0.0797. The number of nitrogens with zero attached hydrogens (tertiary/aromatic N) is 3. The van der Waals surface area contributed by atoms with E-state index < -0.39 is 6.04 Å². The lowest BCUT2D eigenvalue weighted by atomic mass is 10.1. The van der Waals surface area contributed by atoms with Crippen LogP contribution in [0.3, 0.4) is 0 Å². The molecule has 0 aliphatic carbocycles. The highest BCUT2D eigenvalue weighted by atomic mass is 35.5. The van der Waals surface area contributed by atoms with Crippen LogP contribution in [0.25, 0.3) is 4.96 Å². The lowest BCUT2D eigenvalue weighted by Gasteiger charge is -2.11. The fourth-order valence-electron chi connectivity index (χ4n) is 1.94. The van der Waals surface area contributed by atoms with Crippen LogP contribution >= 0.6 is 23.7 Å². The van der Waals surface area contributed by atoms with Gasteiger partial charge in [0.25, 0.3) is 5.56 Å². The van der Waals surface area contributed by atoms with Gasteiger partial charge in [0.05, 0.1) is 0 Å². The van der Waals surface area contributed by atoms with Gasteiger partial charge in [-0.25, -0.2) is 0 Å². The Morgan fingerprint density at radius 2 is 2.04 bits per heavy atom. The predicted molar refractivity (Wildman–Crippen MR) is 91.1 cm³/mol. The molecule has 7 nitrogen and oxygen atoms in total. The zero-order valence-electron chi connectivity index (χ0n) is 12.1.